The van der Waals surface area contributed by atoms with Crippen LogP contribution >= 0.6 is 24.0 Å². The van der Waals surface area contributed by atoms with Crippen LogP contribution in [0, 0.1) is 0 Å². The molecule has 3 rings (SSSR count). The molecule has 1 heterocycles. The van der Waals surface area contributed by atoms with Crippen LogP contribution in [-0.2, 0) is 22.7 Å². The van der Waals surface area contributed by atoms with Crippen LogP contribution in [0.1, 0.15) is 24.5 Å². The monoisotopic (exact) mass is 508 g/mol. The maximum Gasteiger partial charge on any atom is 0.229 e. The SMILES string of the molecule is CCNC(=NCc1ccccc1COC)NC1CC(=O)N(c2ccccc2)C1.I. The lowest BCUT2D eigenvalue weighted by molar-refractivity contribution is -0.117. The van der Waals surface area contributed by atoms with Crippen LogP contribution in [0.2, 0.25) is 0 Å². The number of guanidine groups is 1. The summed E-state index contributed by atoms with van der Waals surface area (Å²) in [6, 6.07) is 18.0. The first-order valence-electron chi connectivity index (χ1n) is 9.67. The van der Waals surface area contributed by atoms with E-state index in [2.05, 4.69) is 22.8 Å². The van der Waals surface area contributed by atoms with Gasteiger partial charge in [-0.15, -0.1) is 24.0 Å². The Morgan fingerprint density at radius 2 is 1.83 bits per heavy atom. The zero-order chi connectivity index (χ0) is 19.8. The topological polar surface area (TPSA) is 66.0 Å². The highest BCUT2D eigenvalue weighted by Crippen LogP contribution is 2.21. The summed E-state index contributed by atoms with van der Waals surface area (Å²) in [4.78, 5) is 19.0. The van der Waals surface area contributed by atoms with Gasteiger partial charge in [-0.3, -0.25) is 4.79 Å². The van der Waals surface area contributed by atoms with Crippen molar-refractivity contribution in [1.29, 1.82) is 0 Å². The highest BCUT2D eigenvalue weighted by molar-refractivity contribution is 14.0. The van der Waals surface area contributed by atoms with Gasteiger partial charge in [-0.25, -0.2) is 4.99 Å². The van der Waals surface area contributed by atoms with E-state index >= 15 is 0 Å². The number of amides is 1. The molecule has 0 aromatic heterocycles. The molecule has 1 aliphatic rings. The van der Waals surface area contributed by atoms with Gasteiger partial charge in [0.15, 0.2) is 5.96 Å². The Morgan fingerprint density at radius 1 is 1.14 bits per heavy atom. The van der Waals surface area contributed by atoms with Gasteiger partial charge in [0.2, 0.25) is 5.91 Å². The van der Waals surface area contributed by atoms with Gasteiger partial charge in [0.25, 0.3) is 0 Å². The lowest BCUT2D eigenvalue weighted by Crippen LogP contribution is -2.44. The number of nitrogens with zero attached hydrogens (tertiary/aromatic N) is 2. The average Bonchev–Trinajstić information content (AvgIpc) is 3.08. The number of carbonyl (C=O) groups excluding carboxylic acids is 1. The van der Waals surface area contributed by atoms with Crippen molar-refractivity contribution in [2.45, 2.75) is 32.5 Å². The van der Waals surface area contributed by atoms with Gasteiger partial charge in [0.05, 0.1) is 19.2 Å². The maximum absolute atomic E-state index is 12.4. The lowest BCUT2D eigenvalue weighted by Gasteiger charge is -2.19. The smallest absolute Gasteiger partial charge is 0.229 e. The predicted octanol–water partition coefficient (Wildman–Crippen LogP) is 3.31. The van der Waals surface area contributed by atoms with Gasteiger partial charge >= 0.3 is 0 Å². The molecule has 2 N–H and O–H groups in total. The molecule has 29 heavy (non-hydrogen) atoms. The summed E-state index contributed by atoms with van der Waals surface area (Å²) < 4.78 is 5.27. The zero-order valence-corrected chi connectivity index (χ0v) is 19.3. The summed E-state index contributed by atoms with van der Waals surface area (Å²) in [6.45, 7) is 4.55. The van der Waals surface area contributed by atoms with Crippen molar-refractivity contribution in [3.8, 4) is 0 Å². The minimum Gasteiger partial charge on any atom is -0.380 e. The van der Waals surface area contributed by atoms with E-state index in [9.17, 15) is 4.79 Å². The van der Waals surface area contributed by atoms with Crippen LogP contribution in [0.4, 0.5) is 5.69 Å². The van der Waals surface area contributed by atoms with Crippen LogP contribution in [0.3, 0.4) is 0 Å². The van der Waals surface area contributed by atoms with Crippen molar-refractivity contribution in [3.05, 3.63) is 65.7 Å². The predicted molar refractivity (Wildman–Crippen MR) is 128 cm³/mol. The minimum atomic E-state index is 0. The van der Waals surface area contributed by atoms with E-state index in [1.807, 2.05) is 54.3 Å². The first-order valence-corrected chi connectivity index (χ1v) is 9.67. The highest BCUT2D eigenvalue weighted by atomic mass is 127. The molecule has 1 saturated heterocycles. The van der Waals surface area contributed by atoms with Crippen LogP contribution in [-0.4, -0.2) is 38.1 Å². The summed E-state index contributed by atoms with van der Waals surface area (Å²) in [5, 5.41) is 6.69. The van der Waals surface area contributed by atoms with Gasteiger partial charge < -0.3 is 20.3 Å². The Kier molecular flexibility index (Phi) is 9.40. The van der Waals surface area contributed by atoms with Gasteiger partial charge in [-0.2, -0.15) is 0 Å². The van der Waals surface area contributed by atoms with Gasteiger partial charge in [-0.05, 0) is 30.2 Å². The molecule has 6 nitrogen and oxygen atoms in total. The first kappa shape index (κ1) is 23.2. The molecular weight excluding hydrogens is 479 g/mol. The highest BCUT2D eigenvalue weighted by Gasteiger charge is 2.31. The molecule has 0 saturated carbocycles. The molecule has 7 heteroatoms. The number of para-hydroxylation sites is 1. The molecule has 0 spiro atoms. The summed E-state index contributed by atoms with van der Waals surface area (Å²) in [5.41, 5.74) is 3.21. The number of halogens is 1. The molecule has 2 aromatic rings. The summed E-state index contributed by atoms with van der Waals surface area (Å²) >= 11 is 0. The number of aliphatic imine (C=N–C) groups is 1. The number of methoxy groups -OCH3 is 1. The van der Waals surface area contributed by atoms with Crippen molar-refractivity contribution < 1.29 is 9.53 Å². The second-order valence-corrected chi connectivity index (χ2v) is 6.78. The van der Waals surface area contributed by atoms with Crippen molar-refractivity contribution in [3.63, 3.8) is 0 Å². The third-order valence-electron chi connectivity index (χ3n) is 4.70. The van der Waals surface area contributed by atoms with Crippen LogP contribution < -0.4 is 15.5 Å². The second-order valence-electron chi connectivity index (χ2n) is 6.78. The number of benzene rings is 2. The van der Waals surface area contributed by atoms with Crippen LogP contribution in [0.25, 0.3) is 0 Å². The first-order chi connectivity index (χ1) is 13.7. The molecule has 1 atom stereocenters. The molecular formula is C22H29IN4O2. The van der Waals surface area contributed by atoms with Crippen LogP contribution in [0.15, 0.2) is 59.6 Å². The van der Waals surface area contributed by atoms with Crippen molar-refractivity contribution >= 4 is 41.5 Å². The van der Waals surface area contributed by atoms with E-state index in [0.29, 0.717) is 26.1 Å². The van der Waals surface area contributed by atoms with Gasteiger partial charge in [0, 0.05) is 32.3 Å². The van der Waals surface area contributed by atoms with E-state index in [-0.39, 0.29) is 35.9 Å². The lowest BCUT2D eigenvalue weighted by atomic mass is 10.1. The third kappa shape index (κ3) is 6.43. The number of hydrogen-bond donors (Lipinski definition) is 2. The average molecular weight is 508 g/mol. The Morgan fingerprint density at radius 3 is 2.52 bits per heavy atom. The molecule has 0 bridgehead atoms. The number of anilines is 1. The van der Waals surface area contributed by atoms with Crippen LogP contribution in [0.5, 0.6) is 0 Å². The normalized spacial score (nSPS) is 16.5. The number of ether oxygens (including phenoxy) is 1. The van der Waals surface area contributed by atoms with Crippen molar-refractivity contribution in [2.24, 2.45) is 4.99 Å². The fourth-order valence-corrected chi connectivity index (χ4v) is 3.35. The Hall–Kier alpha value is -2.13. The second kappa shape index (κ2) is 11.8. The molecule has 156 valence electrons. The van der Waals surface area contributed by atoms with E-state index in [1.54, 1.807) is 7.11 Å². The summed E-state index contributed by atoms with van der Waals surface area (Å²) in [6.07, 6.45) is 0.458. The maximum atomic E-state index is 12.4. The third-order valence-corrected chi connectivity index (χ3v) is 4.70. The molecule has 1 aliphatic heterocycles. The van der Waals surface area contributed by atoms with Gasteiger partial charge in [0.1, 0.15) is 0 Å². The summed E-state index contributed by atoms with van der Waals surface area (Å²) in [5.74, 6) is 0.854. The Balaban J connectivity index is 0.00000300. The fourth-order valence-electron chi connectivity index (χ4n) is 3.35. The quantitative estimate of drug-likeness (QED) is 0.342. The molecule has 1 fully saturated rings. The van der Waals surface area contributed by atoms with E-state index in [0.717, 1.165) is 29.3 Å². The fraction of sp³-hybridized carbons (Fsp3) is 0.364. The van der Waals surface area contributed by atoms with Crippen molar-refractivity contribution in [1.82, 2.24) is 10.6 Å². The number of nitrogens with one attached hydrogen (secondary N) is 2. The van der Waals surface area contributed by atoms with Crippen molar-refractivity contribution in [2.75, 3.05) is 25.1 Å². The standard InChI is InChI=1S/C22H28N4O2.HI/c1-3-23-22(24-14-17-9-7-8-10-18(17)16-28-2)25-19-13-21(27)26(15-19)20-11-5-4-6-12-20;/h4-12,19H,3,13-16H2,1-2H3,(H2,23,24,25);1H. The Bertz CT molecular complexity index is 813. The van der Waals surface area contributed by atoms with E-state index in [4.69, 9.17) is 9.73 Å². The number of hydrogen-bond acceptors (Lipinski definition) is 3. The number of rotatable bonds is 7. The molecule has 1 unspecified atom stereocenters. The molecule has 0 radical (unpaired) electrons. The number of carbonyl (C=O) groups is 1. The largest absolute Gasteiger partial charge is 0.380 e. The molecule has 1 amide bonds. The molecule has 0 aliphatic carbocycles. The van der Waals surface area contributed by atoms with E-state index < -0.39 is 0 Å². The summed E-state index contributed by atoms with van der Waals surface area (Å²) in [7, 11) is 1.70. The van der Waals surface area contributed by atoms with E-state index in [1.165, 1.54) is 0 Å². The Labute approximate surface area is 189 Å². The van der Waals surface area contributed by atoms with Gasteiger partial charge in [-0.1, -0.05) is 42.5 Å². The zero-order valence-electron chi connectivity index (χ0n) is 16.9. The molecule has 2 aromatic carbocycles. The minimum absolute atomic E-state index is 0.